The Morgan fingerprint density at radius 2 is 2.08 bits per heavy atom. The van der Waals surface area contributed by atoms with Crippen molar-refractivity contribution in [3.63, 3.8) is 0 Å². The van der Waals surface area contributed by atoms with Crippen molar-refractivity contribution in [2.24, 2.45) is 11.7 Å². The molecule has 2 unspecified atom stereocenters. The van der Waals surface area contributed by atoms with Gasteiger partial charge < -0.3 is 15.8 Å². The fourth-order valence-corrected chi connectivity index (χ4v) is 4.20. The molecule has 0 spiro atoms. The van der Waals surface area contributed by atoms with E-state index in [2.05, 4.69) is 10.2 Å². The zero-order valence-corrected chi connectivity index (χ0v) is 16.2. The van der Waals surface area contributed by atoms with E-state index >= 15 is 0 Å². The first-order valence-corrected chi connectivity index (χ1v) is 10.0. The van der Waals surface area contributed by atoms with E-state index in [-0.39, 0.29) is 11.8 Å². The van der Waals surface area contributed by atoms with Crippen LogP contribution < -0.4 is 15.8 Å². The standard InChI is InChI=1S/C21H33N3O2/c1-16-15-17(23-20(25)18-7-3-4-10-21(18,2)22)8-9-19(16)26-14-13-24-11-5-6-12-24/h8-9,15,18H,3-7,10-14,22H2,1-2H3,(H,23,25). The van der Waals surface area contributed by atoms with Crippen LogP contribution in [0.2, 0.25) is 0 Å². The summed E-state index contributed by atoms with van der Waals surface area (Å²) in [5.74, 6) is 0.813. The van der Waals surface area contributed by atoms with E-state index < -0.39 is 5.54 Å². The molecule has 5 nitrogen and oxygen atoms in total. The van der Waals surface area contributed by atoms with Crippen LogP contribution in [-0.2, 0) is 4.79 Å². The molecular formula is C21H33N3O2. The van der Waals surface area contributed by atoms with Crippen molar-refractivity contribution in [3.05, 3.63) is 23.8 Å². The first-order chi connectivity index (χ1) is 12.5. The monoisotopic (exact) mass is 359 g/mol. The van der Waals surface area contributed by atoms with Crippen molar-refractivity contribution < 1.29 is 9.53 Å². The molecule has 1 amide bonds. The Balaban J connectivity index is 1.54. The number of anilines is 1. The Labute approximate surface area is 157 Å². The summed E-state index contributed by atoms with van der Waals surface area (Å²) in [6.45, 7) is 8.09. The lowest BCUT2D eigenvalue weighted by Crippen LogP contribution is -2.51. The summed E-state index contributed by atoms with van der Waals surface area (Å²) in [5.41, 5.74) is 7.81. The van der Waals surface area contributed by atoms with Gasteiger partial charge in [-0.05, 0) is 76.4 Å². The van der Waals surface area contributed by atoms with Gasteiger partial charge in [0.05, 0.1) is 5.92 Å². The largest absolute Gasteiger partial charge is 0.492 e. The summed E-state index contributed by atoms with van der Waals surface area (Å²) >= 11 is 0. The minimum atomic E-state index is -0.407. The quantitative estimate of drug-likeness (QED) is 0.818. The number of carbonyl (C=O) groups excluding carboxylic acids is 1. The predicted octanol–water partition coefficient (Wildman–Crippen LogP) is 3.32. The second-order valence-corrected chi connectivity index (χ2v) is 8.17. The van der Waals surface area contributed by atoms with Gasteiger partial charge in [0.25, 0.3) is 0 Å². The number of nitrogens with two attached hydrogens (primary N) is 1. The molecule has 144 valence electrons. The third-order valence-corrected chi connectivity index (χ3v) is 5.88. The topological polar surface area (TPSA) is 67.6 Å². The normalized spacial score (nSPS) is 26.7. The van der Waals surface area contributed by atoms with Gasteiger partial charge in [-0.2, -0.15) is 0 Å². The third kappa shape index (κ3) is 4.77. The van der Waals surface area contributed by atoms with E-state index in [9.17, 15) is 4.79 Å². The van der Waals surface area contributed by atoms with Crippen molar-refractivity contribution in [2.75, 3.05) is 31.6 Å². The number of carbonyl (C=O) groups is 1. The molecule has 2 aliphatic rings. The Kier molecular flexibility index (Phi) is 6.20. The van der Waals surface area contributed by atoms with Gasteiger partial charge in [0, 0.05) is 17.8 Å². The van der Waals surface area contributed by atoms with Crippen LogP contribution in [0.25, 0.3) is 0 Å². The minimum absolute atomic E-state index is 0.0387. The van der Waals surface area contributed by atoms with Gasteiger partial charge in [0.1, 0.15) is 12.4 Å². The number of aryl methyl sites for hydroxylation is 1. The Hall–Kier alpha value is -1.59. The second kappa shape index (κ2) is 8.40. The van der Waals surface area contributed by atoms with Gasteiger partial charge in [-0.15, -0.1) is 0 Å². The summed E-state index contributed by atoms with van der Waals surface area (Å²) in [6, 6.07) is 5.87. The summed E-state index contributed by atoms with van der Waals surface area (Å²) in [7, 11) is 0. The molecule has 1 aromatic carbocycles. The number of rotatable bonds is 6. The molecule has 1 saturated heterocycles. The van der Waals surface area contributed by atoms with Gasteiger partial charge >= 0.3 is 0 Å². The maximum atomic E-state index is 12.7. The lowest BCUT2D eigenvalue weighted by Gasteiger charge is -2.37. The van der Waals surface area contributed by atoms with Crippen LogP contribution in [0, 0.1) is 12.8 Å². The smallest absolute Gasteiger partial charge is 0.229 e. The fourth-order valence-electron chi connectivity index (χ4n) is 4.20. The molecule has 3 N–H and O–H groups in total. The van der Waals surface area contributed by atoms with Crippen LogP contribution in [0.5, 0.6) is 5.75 Å². The molecule has 3 rings (SSSR count). The molecule has 1 heterocycles. The van der Waals surface area contributed by atoms with Crippen molar-refractivity contribution in [2.45, 2.75) is 57.9 Å². The maximum absolute atomic E-state index is 12.7. The summed E-state index contributed by atoms with van der Waals surface area (Å²) in [6.07, 6.45) is 6.57. The molecule has 0 aromatic heterocycles. The molecular weight excluding hydrogens is 326 g/mol. The number of amides is 1. The summed E-state index contributed by atoms with van der Waals surface area (Å²) in [5, 5.41) is 3.05. The number of ether oxygens (including phenoxy) is 1. The zero-order valence-electron chi connectivity index (χ0n) is 16.2. The highest BCUT2D eigenvalue weighted by Crippen LogP contribution is 2.32. The van der Waals surface area contributed by atoms with E-state index in [0.29, 0.717) is 6.61 Å². The lowest BCUT2D eigenvalue weighted by atomic mass is 9.74. The van der Waals surface area contributed by atoms with Crippen molar-refractivity contribution in [3.8, 4) is 5.75 Å². The molecule has 2 fully saturated rings. The van der Waals surface area contributed by atoms with Gasteiger partial charge in [-0.3, -0.25) is 9.69 Å². The molecule has 0 radical (unpaired) electrons. The first kappa shape index (κ1) is 19.2. The van der Waals surface area contributed by atoms with Gasteiger partial charge in [-0.25, -0.2) is 0 Å². The molecule has 5 heteroatoms. The van der Waals surface area contributed by atoms with Crippen LogP contribution in [0.15, 0.2) is 18.2 Å². The summed E-state index contributed by atoms with van der Waals surface area (Å²) < 4.78 is 5.93. The Morgan fingerprint density at radius 1 is 1.31 bits per heavy atom. The van der Waals surface area contributed by atoms with Crippen molar-refractivity contribution in [1.82, 2.24) is 4.90 Å². The molecule has 0 bridgehead atoms. The van der Waals surface area contributed by atoms with Crippen LogP contribution >= 0.6 is 0 Å². The van der Waals surface area contributed by atoms with E-state index in [1.54, 1.807) is 0 Å². The number of likely N-dealkylation sites (tertiary alicyclic amines) is 1. The van der Waals surface area contributed by atoms with Crippen molar-refractivity contribution in [1.29, 1.82) is 0 Å². The fraction of sp³-hybridized carbons (Fsp3) is 0.667. The maximum Gasteiger partial charge on any atom is 0.229 e. The Morgan fingerprint density at radius 3 is 2.77 bits per heavy atom. The summed E-state index contributed by atoms with van der Waals surface area (Å²) in [4.78, 5) is 15.1. The van der Waals surface area contributed by atoms with Gasteiger partial charge in [-0.1, -0.05) is 12.8 Å². The van der Waals surface area contributed by atoms with Crippen LogP contribution in [0.3, 0.4) is 0 Å². The SMILES string of the molecule is Cc1cc(NC(=O)C2CCCCC2(C)N)ccc1OCCN1CCCC1. The van der Waals surface area contributed by atoms with E-state index in [1.807, 2.05) is 32.0 Å². The molecule has 1 aliphatic carbocycles. The predicted molar refractivity (Wildman–Crippen MR) is 106 cm³/mol. The lowest BCUT2D eigenvalue weighted by molar-refractivity contribution is -0.122. The highest BCUT2D eigenvalue weighted by atomic mass is 16.5. The van der Waals surface area contributed by atoms with Crippen LogP contribution in [0.1, 0.15) is 51.0 Å². The molecule has 1 aliphatic heterocycles. The number of nitrogens with one attached hydrogen (secondary N) is 1. The highest BCUT2D eigenvalue weighted by molar-refractivity contribution is 5.93. The van der Waals surface area contributed by atoms with Gasteiger partial charge in [0.2, 0.25) is 5.91 Å². The number of benzene rings is 1. The van der Waals surface area contributed by atoms with E-state index in [1.165, 1.54) is 25.9 Å². The Bertz CT molecular complexity index is 624. The zero-order chi connectivity index (χ0) is 18.6. The number of hydrogen-bond donors (Lipinski definition) is 2. The molecule has 26 heavy (non-hydrogen) atoms. The highest BCUT2D eigenvalue weighted by Gasteiger charge is 2.37. The molecule has 2 atom stereocenters. The first-order valence-electron chi connectivity index (χ1n) is 10.0. The number of hydrogen-bond acceptors (Lipinski definition) is 4. The average molecular weight is 360 g/mol. The van der Waals surface area contributed by atoms with Gasteiger partial charge in [0.15, 0.2) is 0 Å². The molecule has 1 aromatic rings. The third-order valence-electron chi connectivity index (χ3n) is 5.88. The van der Waals surface area contributed by atoms with Crippen molar-refractivity contribution >= 4 is 11.6 Å². The minimum Gasteiger partial charge on any atom is -0.492 e. The number of nitrogens with zero attached hydrogens (tertiary/aromatic N) is 1. The van der Waals surface area contributed by atoms with E-state index in [0.717, 1.165) is 49.2 Å². The molecule has 1 saturated carbocycles. The second-order valence-electron chi connectivity index (χ2n) is 8.17. The van der Waals surface area contributed by atoms with Crippen LogP contribution in [0.4, 0.5) is 5.69 Å². The average Bonchev–Trinajstić information content (AvgIpc) is 3.09. The van der Waals surface area contributed by atoms with Crippen LogP contribution in [-0.4, -0.2) is 42.6 Å². The van der Waals surface area contributed by atoms with E-state index in [4.69, 9.17) is 10.5 Å².